The molecule has 2 rings (SSSR count). The van der Waals surface area contributed by atoms with Crippen LogP contribution in [0.2, 0.25) is 0 Å². The standard InChI is InChI=1S/C20H18O10/c1-10(21)26-15-7-16(27-11(2)22)9-17(8-15)30-20-18(28-12(3)23)5-14(25)6-19(20)29-13(4)24/h5-9,25H,1-4H3. The van der Waals surface area contributed by atoms with Gasteiger partial charge in [-0.3, -0.25) is 19.2 Å². The molecule has 0 spiro atoms. The van der Waals surface area contributed by atoms with Gasteiger partial charge in [0.25, 0.3) is 0 Å². The van der Waals surface area contributed by atoms with Crippen molar-refractivity contribution in [3.63, 3.8) is 0 Å². The Balaban J connectivity index is 2.58. The second-order valence-corrected chi connectivity index (χ2v) is 5.89. The van der Waals surface area contributed by atoms with Crippen LogP contribution in [0, 0.1) is 0 Å². The smallest absolute Gasteiger partial charge is 0.308 e. The first-order valence-electron chi connectivity index (χ1n) is 8.47. The normalized spacial score (nSPS) is 10.0. The van der Waals surface area contributed by atoms with E-state index in [1.54, 1.807) is 0 Å². The van der Waals surface area contributed by atoms with Crippen LogP contribution in [0.5, 0.6) is 40.2 Å². The van der Waals surface area contributed by atoms with E-state index in [-0.39, 0.29) is 40.2 Å². The van der Waals surface area contributed by atoms with Gasteiger partial charge >= 0.3 is 23.9 Å². The number of phenols is 1. The Bertz CT molecular complexity index is 937. The minimum atomic E-state index is -0.728. The van der Waals surface area contributed by atoms with Gasteiger partial charge < -0.3 is 28.8 Å². The van der Waals surface area contributed by atoms with Crippen molar-refractivity contribution in [3.8, 4) is 40.2 Å². The Labute approximate surface area is 170 Å². The third-order valence-electron chi connectivity index (χ3n) is 3.11. The van der Waals surface area contributed by atoms with Gasteiger partial charge in [0, 0.05) is 58.0 Å². The molecule has 0 saturated heterocycles. The summed E-state index contributed by atoms with van der Waals surface area (Å²) in [6, 6.07) is 6.01. The van der Waals surface area contributed by atoms with Crippen molar-refractivity contribution in [1.82, 2.24) is 0 Å². The topological polar surface area (TPSA) is 135 Å². The number of benzene rings is 2. The molecule has 2 aromatic carbocycles. The molecule has 0 unspecified atom stereocenters. The van der Waals surface area contributed by atoms with Crippen LogP contribution in [0.15, 0.2) is 30.3 Å². The molecule has 0 aromatic heterocycles. The monoisotopic (exact) mass is 418 g/mol. The van der Waals surface area contributed by atoms with Crippen LogP contribution >= 0.6 is 0 Å². The Morgan fingerprint density at radius 3 is 1.33 bits per heavy atom. The molecular formula is C20H18O10. The van der Waals surface area contributed by atoms with E-state index in [9.17, 15) is 24.3 Å². The number of rotatable bonds is 6. The highest BCUT2D eigenvalue weighted by atomic mass is 16.6. The molecule has 158 valence electrons. The molecule has 0 radical (unpaired) electrons. The zero-order valence-electron chi connectivity index (χ0n) is 16.5. The van der Waals surface area contributed by atoms with Gasteiger partial charge in [-0.25, -0.2) is 0 Å². The molecule has 0 heterocycles. The summed E-state index contributed by atoms with van der Waals surface area (Å²) < 4.78 is 25.7. The number of hydrogen-bond donors (Lipinski definition) is 1. The molecule has 0 fully saturated rings. The maximum atomic E-state index is 11.4. The fourth-order valence-corrected chi connectivity index (χ4v) is 2.30. The minimum absolute atomic E-state index is 0.00176. The highest BCUT2D eigenvalue weighted by Gasteiger charge is 2.20. The van der Waals surface area contributed by atoms with Crippen molar-refractivity contribution >= 4 is 23.9 Å². The Morgan fingerprint density at radius 2 is 0.967 bits per heavy atom. The maximum Gasteiger partial charge on any atom is 0.308 e. The lowest BCUT2D eigenvalue weighted by atomic mass is 10.2. The molecule has 1 N–H and O–H groups in total. The van der Waals surface area contributed by atoms with Gasteiger partial charge in [0.05, 0.1) is 0 Å². The van der Waals surface area contributed by atoms with Gasteiger partial charge in [0.2, 0.25) is 5.75 Å². The largest absolute Gasteiger partial charge is 0.508 e. The van der Waals surface area contributed by atoms with Crippen molar-refractivity contribution in [3.05, 3.63) is 30.3 Å². The molecule has 10 heteroatoms. The van der Waals surface area contributed by atoms with E-state index in [1.807, 2.05) is 0 Å². The van der Waals surface area contributed by atoms with E-state index in [2.05, 4.69) is 0 Å². The predicted molar refractivity (Wildman–Crippen MR) is 99.9 cm³/mol. The molecule has 2 aromatic rings. The molecule has 0 atom stereocenters. The van der Waals surface area contributed by atoms with Gasteiger partial charge in [-0.2, -0.15) is 0 Å². The van der Waals surface area contributed by atoms with Crippen molar-refractivity contribution in [2.24, 2.45) is 0 Å². The molecule has 0 amide bonds. The van der Waals surface area contributed by atoms with E-state index in [0.29, 0.717) is 0 Å². The highest BCUT2D eigenvalue weighted by Crippen LogP contribution is 2.44. The highest BCUT2D eigenvalue weighted by molar-refractivity contribution is 5.75. The zero-order valence-corrected chi connectivity index (χ0v) is 16.5. The van der Waals surface area contributed by atoms with Gasteiger partial charge in [-0.05, 0) is 0 Å². The summed E-state index contributed by atoms with van der Waals surface area (Å²) in [4.78, 5) is 45.4. The van der Waals surface area contributed by atoms with E-state index >= 15 is 0 Å². The van der Waals surface area contributed by atoms with Crippen LogP contribution in [0.1, 0.15) is 27.7 Å². The number of carbonyl (C=O) groups is 4. The van der Waals surface area contributed by atoms with Crippen LogP contribution in [0.25, 0.3) is 0 Å². The molecule has 0 bridgehead atoms. The summed E-state index contributed by atoms with van der Waals surface area (Å²) in [5, 5.41) is 9.84. The third kappa shape index (κ3) is 6.51. The average Bonchev–Trinajstić information content (AvgIpc) is 2.55. The first-order chi connectivity index (χ1) is 14.0. The van der Waals surface area contributed by atoms with Gasteiger partial charge in [-0.1, -0.05) is 0 Å². The summed E-state index contributed by atoms with van der Waals surface area (Å²) >= 11 is 0. The van der Waals surface area contributed by atoms with Crippen molar-refractivity contribution in [2.45, 2.75) is 27.7 Å². The zero-order chi connectivity index (χ0) is 22.4. The van der Waals surface area contributed by atoms with Crippen molar-refractivity contribution in [1.29, 1.82) is 0 Å². The fraction of sp³-hybridized carbons (Fsp3) is 0.200. The number of hydrogen-bond acceptors (Lipinski definition) is 10. The number of phenolic OH excluding ortho intramolecular Hbond substituents is 1. The van der Waals surface area contributed by atoms with Crippen LogP contribution in [0.4, 0.5) is 0 Å². The van der Waals surface area contributed by atoms with Crippen LogP contribution in [-0.2, 0) is 19.2 Å². The lowest BCUT2D eigenvalue weighted by Gasteiger charge is -2.16. The maximum absolute atomic E-state index is 11.4. The van der Waals surface area contributed by atoms with Gasteiger partial charge in [-0.15, -0.1) is 0 Å². The molecule has 0 aliphatic carbocycles. The molecule has 0 aliphatic heterocycles. The van der Waals surface area contributed by atoms with Crippen molar-refractivity contribution in [2.75, 3.05) is 0 Å². The number of aromatic hydroxyl groups is 1. The Hall–Kier alpha value is -4.08. The molecular weight excluding hydrogens is 400 g/mol. The molecule has 0 aliphatic rings. The third-order valence-corrected chi connectivity index (χ3v) is 3.11. The number of ether oxygens (including phenoxy) is 5. The lowest BCUT2D eigenvalue weighted by molar-refractivity contribution is -0.133. The molecule has 10 nitrogen and oxygen atoms in total. The van der Waals surface area contributed by atoms with Crippen LogP contribution < -0.4 is 23.7 Å². The second kappa shape index (κ2) is 9.41. The summed E-state index contributed by atoms with van der Waals surface area (Å²) in [6.45, 7) is 4.60. The average molecular weight is 418 g/mol. The fourth-order valence-electron chi connectivity index (χ4n) is 2.30. The van der Waals surface area contributed by atoms with Crippen LogP contribution in [0.3, 0.4) is 0 Å². The summed E-state index contributed by atoms with van der Waals surface area (Å²) in [5.74, 6) is -3.82. The number of carbonyl (C=O) groups excluding carboxylic acids is 4. The quantitative estimate of drug-likeness (QED) is 0.551. The summed E-state index contributed by atoms with van der Waals surface area (Å²) in [6.07, 6.45) is 0. The summed E-state index contributed by atoms with van der Waals surface area (Å²) in [5.41, 5.74) is 0. The first-order valence-corrected chi connectivity index (χ1v) is 8.47. The molecule has 30 heavy (non-hydrogen) atoms. The Kier molecular flexibility index (Phi) is 6.97. The SMILES string of the molecule is CC(=O)Oc1cc(OC(C)=O)cc(Oc2c(OC(C)=O)cc(O)cc2OC(C)=O)c1. The van der Waals surface area contributed by atoms with E-state index in [4.69, 9.17) is 23.7 Å². The van der Waals surface area contributed by atoms with Crippen LogP contribution in [-0.4, -0.2) is 29.0 Å². The van der Waals surface area contributed by atoms with E-state index in [0.717, 1.165) is 26.0 Å². The van der Waals surface area contributed by atoms with Gasteiger partial charge in [0.15, 0.2) is 11.5 Å². The van der Waals surface area contributed by atoms with Crippen molar-refractivity contribution < 1.29 is 48.0 Å². The van der Waals surface area contributed by atoms with E-state index < -0.39 is 23.9 Å². The minimum Gasteiger partial charge on any atom is -0.508 e. The number of esters is 4. The molecule has 0 saturated carbocycles. The summed E-state index contributed by atoms with van der Waals surface area (Å²) in [7, 11) is 0. The predicted octanol–water partition coefficient (Wildman–Crippen LogP) is 2.89. The first kappa shape index (κ1) is 22.2. The van der Waals surface area contributed by atoms with E-state index in [1.165, 1.54) is 32.0 Å². The van der Waals surface area contributed by atoms with Gasteiger partial charge in [0.1, 0.15) is 23.0 Å². The lowest BCUT2D eigenvalue weighted by Crippen LogP contribution is -2.07. The Morgan fingerprint density at radius 1 is 0.600 bits per heavy atom. The second-order valence-electron chi connectivity index (χ2n) is 5.89.